The van der Waals surface area contributed by atoms with Gasteiger partial charge in [0.25, 0.3) is 0 Å². The SMILES string of the molecule is O=C(O)C1CCC(C(=O)N2CCCC2c2cccs2)C1. The number of hydrogen-bond donors (Lipinski definition) is 1. The first-order chi connectivity index (χ1) is 9.66. The summed E-state index contributed by atoms with van der Waals surface area (Å²) in [6, 6.07) is 4.33. The standard InChI is InChI=1S/C15H19NO3S/c17-14(10-5-6-11(9-10)15(18)19)16-7-1-3-12(16)13-4-2-8-20-13/h2,4,8,10-12H,1,3,5-7,9H2,(H,18,19). The Kier molecular flexibility index (Phi) is 3.78. The van der Waals surface area contributed by atoms with Crippen molar-refractivity contribution in [2.24, 2.45) is 11.8 Å². The van der Waals surface area contributed by atoms with E-state index in [-0.39, 0.29) is 23.8 Å². The highest BCUT2D eigenvalue weighted by molar-refractivity contribution is 7.10. The van der Waals surface area contributed by atoms with Gasteiger partial charge in [0.1, 0.15) is 0 Å². The van der Waals surface area contributed by atoms with Crippen LogP contribution in [0.3, 0.4) is 0 Å². The third kappa shape index (κ3) is 2.46. The Morgan fingerprint density at radius 1 is 1.25 bits per heavy atom. The van der Waals surface area contributed by atoms with E-state index in [1.54, 1.807) is 11.3 Å². The lowest BCUT2D eigenvalue weighted by molar-refractivity contribution is -0.141. The van der Waals surface area contributed by atoms with Crippen LogP contribution >= 0.6 is 11.3 Å². The minimum atomic E-state index is -0.753. The van der Waals surface area contributed by atoms with Crippen molar-refractivity contribution in [3.8, 4) is 0 Å². The number of likely N-dealkylation sites (tertiary alicyclic amines) is 1. The predicted octanol–water partition coefficient (Wildman–Crippen LogP) is 2.91. The summed E-state index contributed by atoms with van der Waals surface area (Å²) in [5.41, 5.74) is 0. The number of amides is 1. The Bertz CT molecular complexity index is 499. The number of carbonyl (C=O) groups excluding carboxylic acids is 1. The average Bonchev–Trinajstić information content (AvgIpc) is 3.17. The Labute approximate surface area is 122 Å². The van der Waals surface area contributed by atoms with Gasteiger partial charge in [-0.1, -0.05) is 6.07 Å². The molecule has 3 rings (SSSR count). The molecule has 0 bridgehead atoms. The number of aliphatic carboxylic acids is 1. The lowest BCUT2D eigenvalue weighted by Gasteiger charge is -2.26. The number of rotatable bonds is 3. The highest BCUT2D eigenvalue weighted by Crippen LogP contribution is 2.39. The van der Waals surface area contributed by atoms with Gasteiger partial charge in [0.2, 0.25) is 5.91 Å². The summed E-state index contributed by atoms with van der Waals surface area (Å²) in [6.07, 6.45) is 3.96. The summed E-state index contributed by atoms with van der Waals surface area (Å²) < 4.78 is 0. The fourth-order valence-corrected chi connectivity index (χ4v) is 4.35. The number of carboxylic acid groups (broad SMARTS) is 1. The van der Waals surface area contributed by atoms with Gasteiger partial charge in [-0.15, -0.1) is 11.3 Å². The van der Waals surface area contributed by atoms with Crippen LogP contribution in [-0.2, 0) is 9.59 Å². The zero-order valence-electron chi connectivity index (χ0n) is 11.3. The first-order valence-corrected chi connectivity index (χ1v) is 8.11. The van der Waals surface area contributed by atoms with Crippen LogP contribution in [0.2, 0.25) is 0 Å². The summed E-state index contributed by atoms with van der Waals surface area (Å²) >= 11 is 1.70. The van der Waals surface area contributed by atoms with Crippen molar-refractivity contribution in [2.45, 2.75) is 38.1 Å². The van der Waals surface area contributed by atoms with E-state index in [1.165, 1.54) is 4.88 Å². The number of thiophene rings is 1. The summed E-state index contributed by atoms with van der Waals surface area (Å²) in [6.45, 7) is 0.815. The van der Waals surface area contributed by atoms with Crippen molar-refractivity contribution in [2.75, 3.05) is 6.54 Å². The number of carbonyl (C=O) groups is 2. The van der Waals surface area contributed by atoms with E-state index in [0.717, 1.165) is 25.8 Å². The molecule has 20 heavy (non-hydrogen) atoms. The highest BCUT2D eigenvalue weighted by Gasteiger charge is 2.39. The molecular weight excluding hydrogens is 274 g/mol. The van der Waals surface area contributed by atoms with Crippen molar-refractivity contribution in [3.05, 3.63) is 22.4 Å². The van der Waals surface area contributed by atoms with Gasteiger partial charge in [-0.2, -0.15) is 0 Å². The van der Waals surface area contributed by atoms with E-state index < -0.39 is 5.97 Å². The van der Waals surface area contributed by atoms with Gasteiger partial charge in [0.15, 0.2) is 0 Å². The van der Waals surface area contributed by atoms with Crippen LogP contribution in [0.5, 0.6) is 0 Å². The maximum absolute atomic E-state index is 12.7. The van der Waals surface area contributed by atoms with Gasteiger partial charge >= 0.3 is 5.97 Å². The molecule has 1 N–H and O–H groups in total. The Balaban J connectivity index is 1.69. The van der Waals surface area contributed by atoms with Crippen LogP contribution in [0.1, 0.15) is 43.0 Å². The van der Waals surface area contributed by atoms with Crippen LogP contribution in [0.15, 0.2) is 17.5 Å². The largest absolute Gasteiger partial charge is 0.481 e. The van der Waals surface area contributed by atoms with Crippen LogP contribution in [0, 0.1) is 11.8 Å². The van der Waals surface area contributed by atoms with Gasteiger partial charge in [-0.05, 0) is 43.6 Å². The molecule has 3 unspecified atom stereocenters. The van der Waals surface area contributed by atoms with E-state index >= 15 is 0 Å². The summed E-state index contributed by atoms with van der Waals surface area (Å²) in [5, 5.41) is 11.1. The van der Waals surface area contributed by atoms with Crippen molar-refractivity contribution in [3.63, 3.8) is 0 Å². The normalized spacial score (nSPS) is 29.8. The van der Waals surface area contributed by atoms with Gasteiger partial charge in [-0.3, -0.25) is 9.59 Å². The maximum Gasteiger partial charge on any atom is 0.306 e. The van der Waals surface area contributed by atoms with Crippen molar-refractivity contribution < 1.29 is 14.7 Å². The molecule has 0 radical (unpaired) electrons. The summed E-state index contributed by atoms with van der Waals surface area (Å²) in [5.74, 6) is -0.996. The van der Waals surface area contributed by atoms with E-state index in [4.69, 9.17) is 5.11 Å². The molecule has 2 heterocycles. The smallest absolute Gasteiger partial charge is 0.306 e. The fourth-order valence-electron chi connectivity index (χ4n) is 3.47. The molecule has 1 aliphatic heterocycles. The van der Waals surface area contributed by atoms with Crippen LogP contribution < -0.4 is 0 Å². The summed E-state index contributed by atoms with van der Waals surface area (Å²) in [4.78, 5) is 26.9. The Morgan fingerprint density at radius 2 is 2.05 bits per heavy atom. The zero-order valence-corrected chi connectivity index (χ0v) is 12.1. The topological polar surface area (TPSA) is 57.6 Å². The maximum atomic E-state index is 12.7. The average molecular weight is 293 g/mol. The molecule has 0 spiro atoms. The molecule has 4 nitrogen and oxygen atoms in total. The molecule has 1 aromatic rings. The number of nitrogens with zero attached hydrogens (tertiary/aromatic N) is 1. The Hall–Kier alpha value is -1.36. The highest BCUT2D eigenvalue weighted by atomic mass is 32.1. The van der Waals surface area contributed by atoms with Gasteiger partial charge in [0, 0.05) is 17.3 Å². The molecule has 1 saturated carbocycles. The summed E-state index contributed by atoms with van der Waals surface area (Å²) in [7, 11) is 0. The second-order valence-corrected chi connectivity index (χ2v) is 6.73. The van der Waals surface area contributed by atoms with Gasteiger partial charge < -0.3 is 10.0 Å². The van der Waals surface area contributed by atoms with Crippen LogP contribution in [0.4, 0.5) is 0 Å². The zero-order chi connectivity index (χ0) is 14.1. The minimum Gasteiger partial charge on any atom is -0.481 e. The number of hydrogen-bond acceptors (Lipinski definition) is 3. The van der Waals surface area contributed by atoms with Gasteiger partial charge in [0.05, 0.1) is 12.0 Å². The van der Waals surface area contributed by atoms with E-state index in [2.05, 4.69) is 6.07 Å². The second kappa shape index (κ2) is 5.56. The molecule has 3 atom stereocenters. The lowest BCUT2D eigenvalue weighted by atomic mass is 10.0. The monoisotopic (exact) mass is 293 g/mol. The lowest BCUT2D eigenvalue weighted by Crippen LogP contribution is -2.34. The van der Waals surface area contributed by atoms with E-state index in [1.807, 2.05) is 16.3 Å². The molecule has 2 aliphatic rings. The van der Waals surface area contributed by atoms with E-state index in [0.29, 0.717) is 12.8 Å². The van der Waals surface area contributed by atoms with Gasteiger partial charge in [-0.25, -0.2) is 0 Å². The molecular formula is C15H19NO3S. The minimum absolute atomic E-state index is 0.0864. The van der Waals surface area contributed by atoms with E-state index in [9.17, 15) is 9.59 Å². The number of carboxylic acids is 1. The molecule has 1 aromatic heterocycles. The molecule has 1 amide bonds. The first kappa shape index (κ1) is 13.6. The Morgan fingerprint density at radius 3 is 2.70 bits per heavy atom. The van der Waals surface area contributed by atoms with Crippen molar-refractivity contribution >= 4 is 23.2 Å². The quantitative estimate of drug-likeness (QED) is 0.932. The molecule has 0 aromatic carbocycles. The first-order valence-electron chi connectivity index (χ1n) is 7.23. The van der Waals surface area contributed by atoms with Crippen LogP contribution in [-0.4, -0.2) is 28.4 Å². The second-order valence-electron chi connectivity index (χ2n) is 5.75. The molecule has 1 saturated heterocycles. The third-order valence-corrected chi connectivity index (χ3v) is 5.51. The molecule has 5 heteroatoms. The van der Waals surface area contributed by atoms with Crippen LogP contribution in [0.25, 0.3) is 0 Å². The molecule has 2 fully saturated rings. The fraction of sp³-hybridized carbons (Fsp3) is 0.600. The molecule has 108 valence electrons. The predicted molar refractivity (Wildman–Crippen MR) is 76.5 cm³/mol. The third-order valence-electron chi connectivity index (χ3n) is 4.54. The van der Waals surface area contributed by atoms with Crippen molar-refractivity contribution in [1.82, 2.24) is 4.90 Å². The molecule has 1 aliphatic carbocycles. The van der Waals surface area contributed by atoms with Crippen molar-refractivity contribution in [1.29, 1.82) is 0 Å².